The fourth-order valence-electron chi connectivity index (χ4n) is 3.88. The van der Waals surface area contributed by atoms with Crippen LogP contribution in [0.4, 0.5) is 0 Å². The standard InChI is InChI=1S/C29H36O2/c1-4-6-7-8-23-9-13-25(14-10-23)26-15-17-27(18-16-26)29(30)31-28-19-11-24(12-20-28)21-22(3)5-2/h9-19,22,28H,4-8,20-21H2,1-3H3. The maximum Gasteiger partial charge on any atom is 0.338 e. The van der Waals surface area contributed by atoms with Gasteiger partial charge in [0.15, 0.2) is 0 Å². The second-order valence-electron chi connectivity index (χ2n) is 8.77. The van der Waals surface area contributed by atoms with Crippen LogP contribution in [0.5, 0.6) is 0 Å². The SMILES string of the molecule is CCCCCc1ccc(-c2ccc(C(=O)OC3C=CC(CC(C)CC)=CC3)cc2)cc1. The smallest absolute Gasteiger partial charge is 0.338 e. The summed E-state index contributed by atoms with van der Waals surface area (Å²) in [5.41, 5.74) is 5.63. The number of hydrogen-bond acceptors (Lipinski definition) is 2. The molecule has 2 heteroatoms. The lowest BCUT2D eigenvalue weighted by Crippen LogP contribution is -2.17. The zero-order valence-corrected chi connectivity index (χ0v) is 19.3. The Bertz CT molecular complexity index is 887. The number of unbranched alkanes of at least 4 members (excludes halogenated alkanes) is 2. The van der Waals surface area contributed by atoms with Gasteiger partial charge in [-0.2, -0.15) is 0 Å². The molecule has 31 heavy (non-hydrogen) atoms. The highest BCUT2D eigenvalue weighted by Gasteiger charge is 2.16. The third kappa shape index (κ3) is 6.95. The van der Waals surface area contributed by atoms with Crippen LogP contribution in [0.15, 0.2) is 72.3 Å². The number of ether oxygens (including phenoxy) is 1. The Kier molecular flexibility index (Phi) is 8.70. The topological polar surface area (TPSA) is 26.3 Å². The molecule has 0 spiro atoms. The average molecular weight is 417 g/mol. The molecular formula is C29H36O2. The van der Waals surface area contributed by atoms with Crippen molar-refractivity contribution in [3.8, 4) is 11.1 Å². The van der Waals surface area contributed by atoms with E-state index in [9.17, 15) is 4.79 Å². The maximum atomic E-state index is 12.6. The monoisotopic (exact) mass is 416 g/mol. The fourth-order valence-corrected chi connectivity index (χ4v) is 3.88. The Hall–Kier alpha value is -2.61. The highest BCUT2D eigenvalue weighted by Crippen LogP contribution is 2.24. The molecule has 0 saturated heterocycles. The quantitative estimate of drug-likeness (QED) is 0.290. The molecule has 0 saturated carbocycles. The van der Waals surface area contributed by atoms with Gasteiger partial charge in [-0.1, -0.05) is 94.2 Å². The van der Waals surface area contributed by atoms with E-state index in [0.29, 0.717) is 11.5 Å². The summed E-state index contributed by atoms with van der Waals surface area (Å²) in [5, 5.41) is 0. The van der Waals surface area contributed by atoms with E-state index < -0.39 is 0 Å². The van der Waals surface area contributed by atoms with E-state index in [1.807, 2.05) is 30.3 Å². The number of esters is 1. The van der Waals surface area contributed by atoms with E-state index in [1.54, 1.807) is 0 Å². The van der Waals surface area contributed by atoms with Crippen LogP contribution in [-0.2, 0) is 11.2 Å². The van der Waals surface area contributed by atoms with Gasteiger partial charge in [0.05, 0.1) is 5.56 Å². The maximum absolute atomic E-state index is 12.6. The van der Waals surface area contributed by atoms with Crippen LogP contribution in [0.25, 0.3) is 11.1 Å². The first-order chi connectivity index (χ1) is 15.1. The first-order valence-corrected chi connectivity index (χ1v) is 11.9. The molecule has 0 aromatic heterocycles. The summed E-state index contributed by atoms with van der Waals surface area (Å²) in [7, 11) is 0. The molecule has 0 radical (unpaired) electrons. The van der Waals surface area contributed by atoms with Gasteiger partial charge in [-0.05, 0) is 60.1 Å². The van der Waals surface area contributed by atoms with Gasteiger partial charge in [-0.25, -0.2) is 4.79 Å². The van der Waals surface area contributed by atoms with Crippen molar-refractivity contribution in [2.45, 2.75) is 71.8 Å². The van der Waals surface area contributed by atoms with E-state index in [2.05, 4.69) is 57.2 Å². The minimum atomic E-state index is -0.258. The Morgan fingerprint density at radius 2 is 1.68 bits per heavy atom. The minimum absolute atomic E-state index is 0.173. The summed E-state index contributed by atoms with van der Waals surface area (Å²) in [5.74, 6) is 0.428. The molecule has 0 fully saturated rings. The molecule has 0 amide bonds. The summed E-state index contributed by atoms with van der Waals surface area (Å²) in [6.45, 7) is 6.72. The van der Waals surface area contributed by atoms with Crippen molar-refractivity contribution < 1.29 is 9.53 Å². The van der Waals surface area contributed by atoms with Gasteiger partial charge in [0, 0.05) is 6.42 Å². The molecule has 2 nitrogen and oxygen atoms in total. The summed E-state index contributed by atoms with van der Waals surface area (Å²) in [6, 6.07) is 16.5. The molecule has 0 N–H and O–H groups in total. The predicted octanol–water partition coefficient (Wildman–Crippen LogP) is 7.93. The van der Waals surface area contributed by atoms with Crippen molar-refractivity contribution in [3.63, 3.8) is 0 Å². The van der Waals surface area contributed by atoms with E-state index in [0.717, 1.165) is 24.8 Å². The third-order valence-electron chi connectivity index (χ3n) is 6.15. The van der Waals surface area contributed by atoms with Gasteiger partial charge in [0.1, 0.15) is 6.10 Å². The van der Waals surface area contributed by atoms with Crippen LogP contribution < -0.4 is 0 Å². The Balaban J connectivity index is 1.53. The number of carbonyl (C=O) groups is 1. The Morgan fingerprint density at radius 3 is 2.26 bits per heavy atom. The van der Waals surface area contributed by atoms with Crippen molar-refractivity contribution >= 4 is 5.97 Å². The van der Waals surface area contributed by atoms with Gasteiger partial charge in [0.25, 0.3) is 0 Å². The Morgan fingerprint density at radius 1 is 1.00 bits per heavy atom. The van der Waals surface area contributed by atoms with Crippen LogP contribution in [-0.4, -0.2) is 12.1 Å². The van der Waals surface area contributed by atoms with Crippen LogP contribution in [0.1, 0.15) is 75.2 Å². The van der Waals surface area contributed by atoms with Crippen molar-refractivity contribution in [2.75, 3.05) is 0 Å². The van der Waals surface area contributed by atoms with E-state index in [1.165, 1.54) is 42.4 Å². The summed E-state index contributed by atoms with van der Waals surface area (Å²) < 4.78 is 5.69. The molecule has 2 aromatic carbocycles. The first-order valence-electron chi connectivity index (χ1n) is 11.9. The lowest BCUT2D eigenvalue weighted by molar-refractivity contribution is 0.0397. The largest absolute Gasteiger partial charge is 0.454 e. The van der Waals surface area contributed by atoms with Crippen LogP contribution in [0, 0.1) is 5.92 Å². The predicted molar refractivity (Wildman–Crippen MR) is 130 cm³/mol. The van der Waals surface area contributed by atoms with Gasteiger partial charge in [0.2, 0.25) is 0 Å². The van der Waals surface area contributed by atoms with Gasteiger partial charge >= 0.3 is 5.97 Å². The first kappa shape index (κ1) is 23.1. The second-order valence-corrected chi connectivity index (χ2v) is 8.77. The lowest BCUT2D eigenvalue weighted by Gasteiger charge is -2.18. The van der Waals surface area contributed by atoms with Crippen molar-refractivity contribution in [2.24, 2.45) is 5.92 Å². The number of benzene rings is 2. The van der Waals surface area contributed by atoms with E-state index >= 15 is 0 Å². The van der Waals surface area contributed by atoms with Gasteiger partial charge in [-0.15, -0.1) is 0 Å². The molecule has 164 valence electrons. The molecule has 2 aromatic rings. The average Bonchev–Trinajstić information content (AvgIpc) is 2.81. The van der Waals surface area contributed by atoms with Crippen molar-refractivity contribution in [1.29, 1.82) is 0 Å². The molecule has 0 bridgehead atoms. The molecular weight excluding hydrogens is 380 g/mol. The molecule has 2 atom stereocenters. The van der Waals surface area contributed by atoms with Gasteiger partial charge in [-0.3, -0.25) is 0 Å². The number of aryl methyl sites for hydroxylation is 1. The lowest BCUT2D eigenvalue weighted by atomic mass is 9.94. The van der Waals surface area contributed by atoms with E-state index in [-0.39, 0.29) is 12.1 Å². The fraction of sp³-hybridized carbons (Fsp3) is 0.414. The Labute approximate surface area is 188 Å². The molecule has 2 unspecified atom stereocenters. The number of rotatable bonds is 10. The normalized spacial score (nSPS) is 16.6. The molecule has 1 aliphatic rings. The summed E-state index contributed by atoms with van der Waals surface area (Å²) in [4.78, 5) is 12.6. The highest BCUT2D eigenvalue weighted by atomic mass is 16.5. The second kappa shape index (κ2) is 11.7. The van der Waals surface area contributed by atoms with E-state index in [4.69, 9.17) is 4.74 Å². The number of carbonyl (C=O) groups excluding carboxylic acids is 1. The molecule has 0 aliphatic heterocycles. The number of allylic oxidation sites excluding steroid dienone is 2. The van der Waals surface area contributed by atoms with Crippen LogP contribution in [0.3, 0.4) is 0 Å². The zero-order chi connectivity index (χ0) is 22.1. The number of hydrogen-bond donors (Lipinski definition) is 0. The summed E-state index contributed by atoms with van der Waals surface area (Å²) in [6.07, 6.45) is 14.1. The highest BCUT2D eigenvalue weighted by molar-refractivity contribution is 5.90. The van der Waals surface area contributed by atoms with Crippen LogP contribution >= 0.6 is 0 Å². The van der Waals surface area contributed by atoms with Crippen molar-refractivity contribution in [3.05, 3.63) is 83.5 Å². The molecule has 1 aliphatic carbocycles. The van der Waals surface area contributed by atoms with Crippen LogP contribution in [0.2, 0.25) is 0 Å². The van der Waals surface area contributed by atoms with Crippen molar-refractivity contribution in [1.82, 2.24) is 0 Å². The molecule has 0 heterocycles. The van der Waals surface area contributed by atoms with Gasteiger partial charge < -0.3 is 4.74 Å². The zero-order valence-electron chi connectivity index (χ0n) is 19.3. The molecule has 3 rings (SSSR count). The third-order valence-corrected chi connectivity index (χ3v) is 6.15. The summed E-state index contributed by atoms with van der Waals surface area (Å²) >= 11 is 0. The minimum Gasteiger partial charge on any atom is -0.454 e.